The summed E-state index contributed by atoms with van der Waals surface area (Å²) in [5.41, 5.74) is 2.98. The molecule has 162 valence electrons. The summed E-state index contributed by atoms with van der Waals surface area (Å²) in [5.74, 6) is 0.947. The second kappa shape index (κ2) is 9.92. The first-order chi connectivity index (χ1) is 14.8. The SMILES string of the molecule is COC(=O)COc1ccc(SCc2ccc(-c3ccc(C(F)(F)F)cc3)cc2)cc1C. The molecule has 0 aliphatic rings. The molecule has 0 unspecified atom stereocenters. The van der Waals surface area contributed by atoms with Crippen molar-refractivity contribution < 1.29 is 27.4 Å². The van der Waals surface area contributed by atoms with Crippen LogP contribution in [0.15, 0.2) is 71.6 Å². The molecule has 3 rings (SSSR count). The van der Waals surface area contributed by atoms with Crippen molar-refractivity contribution in [1.82, 2.24) is 0 Å². The summed E-state index contributed by atoms with van der Waals surface area (Å²) < 4.78 is 48.1. The van der Waals surface area contributed by atoms with E-state index in [0.717, 1.165) is 45.0 Å². The number of alkyl halides is 3. The number of hydrogen-bond acceptors (Lipinski definition) is 4. The lowest BCUT2D eigenvalue weighted by molar-refractivity contribution is -0.143. The van der Waals surface area contributed by atoms with Gasteiger partial charge in [0.25, 0.3) is 0 Å². The zero-order valence-electron chi connectivity index (χ0n) is 17.0. The smallest absolute Gasteiger partial charge is 0.416 e. The molecule has 3 nitrogen and oxygen atoms in total. The van der Waals surface area contributed by atoms with Crippen LogP contribution in [0.25, 0.3) is 11.1 Å². The molecule has 7 heteroatoms. The minimum Gasteiger partial charge on any atom is -0.482 e. The molecule has 0 aliphatic carbocycles. The monoisotopic (exact) mass is 446 g/mol. The first kappa shape index (κ1) is 22.7. The summed E-state index contributed by atoms with van der Waals surface area (Å²) in [7, 11) is 1.31. The average Bonchev–Trinajstić information content (AvgIpc) is 2.76. The predicted molar refractivity (Wildman–Crippen MR) is 115 cm³/mol. The number of ether oxygens (including phenoxy) is 2. The number of methoxy groups -OCH3 is 1. The standard InChI is InChI=1S/C24H21F3O3S/c1-16-13-21(11-12-22(16)30-14-23(28)29-2)31-15-17-3-5-18(6-4-17)19-7-9-20(10-8-19)24(25,26)27/h3-13H,14-15H2,1-2H3. The highest BCUT2D eigenvalue weighted by Gasteiger charge is 2.29. The highest BCUT2D eigenvalue weighted by molar-refractivity contribution is 7.98. The van der Waals surface area contributed by atoms with Gasteiger partial charge in [0.05, 0.1) is 12.7 Å². The first-order valence-electron chi connectivity index (χ1n) is 9.46. The second-order valence-corrected chi connectivity index (χ2v) is 7.90. The van der Waals surface area contributed by atoms with Crippen LogP contribution in [0.2, 0.25) is 0 Å². The highest BCUT2D eigenvalue weighted by atomic mass is 32.2. The molecule has 0 fully saturated rings. The third-order valence-electron chi connectivity index (χ3n) is 4.62. The zero-order valence-corrected chi connectivity index (χ0v) is 17.8. The second-order valence-electron chi connectivity index (χ2n) is 6.85. The fraction of sp³-hybridized carbons (Fsp3) is 0.208. The maximum Gasteiger partial charge on any atom is 0.416 e. The number of carbonyl (C=O) groups excluding carboxylic acids is 1. The Morgan fingerprint density at radius 1 is 0.935 bits per heavy atom. The van der Waals surface area contributed by atoms with E-state index in [1.807, 2.05) is 49.4 Å². The van der Waals surface area contributed by atoms with Crippen LogP contribution in [0.1, 0.15) is 16.7 Å². The Balaban J connectivity index is 1.59. The number of benzene rings is 3. The molecule has 0 radical (unpaired) electrons. The fourth-order valence-electron chi connectivity index (χ4n) is 2.88. The largest absolute Gasteiger partial charge is 0.482 e. The van der Waals surface area contributed by atoms with E-state index in [4.69, 9.17) is 4.74 Å². The Bertz CT molecular complexity index is 1030. The highest BCUT2D eigenvalue weighted by Crippen LogP contribution is 2.32. The van der Waals surface area contributed by atoms with Gasteiger partial charge in [0, 0.05) is 10.6 Å². The molecule has 0 saturated carbocycles. The van der Waals surface area contributed by atoms with Gasteiger partial charge in [0.15, 0.2) is 6.61 Å². The van der Waals surface area contributed by atoms with E-state index >= 15 is 0 Å². The Morgan fingerprint density at radius 2 is 1.55 bits per heavy atom. The third-order valence-corrected chi connectivity index (χ3v) is 5.69. The summed E-state index contributed by atoms with van der Waals surface area (Å²) in [5, 5.41) is 0. The summed E-state index contributed by atoms with van der Waals surface area (Å²) in [6, 6.07) is 18.7. The number of carbonyl (C=O) groups is 1. The van der Waals surface area contributed by atoms with Crippen LogP contribution >= 0.6 is 11.8 Å². The Labute approximate surface area is 183 Å². The summed E-state index contributed by atoms with van der Waals surface area (Å²) in [6.45, 7) is 1.78. The summed E-state index contributed by atoms with van der Waals surface area (Å²) in [6.07, 6.45) is -4.33. The first-order valence-corrected chi connectivity index (χ1v) is 10.4. The Hall–Kier alpha value is -2.93. The molecular weight excluding hydrogens is 425 g/mol. The van der Waals surface area contributed by atoms with Gasteiger partial charge in [-0.1, -0.05) is 36.4 Å². The van der Waals surface area contributed by atoms with Crippen molar-refractivity contribution in [3.63, 3.8) is 0 Å². The predicted octanol–water partition coefficient (Wildman–Crippen LogP) is 6.52. The van der Waals surface area contributed by atoms with Crippen LogP contribution < -0.4 is 4.74 Å². The number of aryl methyl sites for hydroxylation is 1. The van der Waals surface area contributed by atoms with Gasteiger partial charge in [-0.2, -0.15) is 13.2 Å². The Morgan fingerprint density at radius 3 is 2.10 bits per heavy atom. The van der Waals surface area contributed by atoms with E-state index in [2.05, 4.69) is 4.74 Å². The van der Waals surface area contributed by atoms with Crippen molar-refractivity contribution in [3.8, 4) is 16.9 Å². The lowest BCUT2D eigenvalue weighted by Gasteiger charge is -2.10. The van der Waals surface area contributed by atoms with Crippen LogP contribution in [0.3, 0.4) is 0 Å². The maximum absolute atomic E-state index is 12.7. The molecule has 0 spiro atoms. The van der Waals surface area contributed by atoms with E-state index < -0.39 is 17.7 Å². The van der Waals surface area contributed by atoms with Gasteiger partial charge in [0.2, 0.25) is 0 Å². The van der Waals surface area contributed by atoms with Crippen LogP contribution in [0.4, 0.5) is 13.2 Å². The van der Waals surface area contributed by atoms with Crippen molar-refractivity contribution >= 4 is 17.7 Å². The quantitative estimate of drug-likeness (QED) is 0.306. The molecule has 3 aromatic rings. The van der Waals surface area contributed by atoms with Crippen LogP contribution in [0, 0.1) is 6.92 Å². The van der Waals surface area contributed by atoms with E-state index in [-0.39, 0.29) is 6.61 Å². The van der Waals surface area contributed by atoms with Crippen molar-refractivity contribution in [2.24, 2.45) is 0 Å². The van der Waals surface area contributed by atoms with Crippen LogP contribution in [0.5, 0.6) is 5.75 Å². The third kappa shape index (κ3) is 6.28. The molecule has 0 amide bonds. The lowest BCUT2D eigenvalue weighted by Crippen LogP contribution is -2.12. The van der Waals surface area contributed by atoms with E-state index in [1.165, 1.54) is 19.2 Å². The summed E-state index contributed by atoms with van der Waals surface area (Å²) >= 11 is 1.66. The molecule has 0 aliphatic heterocycles. The van der Waals surface area contributed by atoms with Gasteiger partial charge in [-0.25, -0.2) is 4.79 Å². The maximum atomic E-state index is 12.7. The topological polar surface area (TPSA) is 35.5 Å². The van der Waals surface area contributed by atoms with E-state index in [1.54, 1.807) is 11.8 Å². The molecule has 0 N–H and O–H groups in total. The van der Waals surface area contributed by atoms with Crippen LogP contribution in [-0.4, -0.2) is 19.7 Å². The summed E-state index contributed by atoms with van der Waals surface area (Å²) in [4.78, 5) is 12.3. The van der Waals surface area contributed by atoms with Crippen LogP contribution in [-0.2, 0) is 21.5 Å². The molecule has 0 bridgehead atoms. The number of halogens is 3. The molecule has 0 aromatic heterocycles. The molecule has 0 saturated heterocycles. The number of thioether (sulfide) groups is 1. The van der Waals surface area contributed by atoms with Gasteiger partial charge in [0.1, 0.15) is 5.75 Å². The zero-order chi connectivity index (χ0) is 22.4. The molecule has 31 heavy (non-hydrogen) atoms. The van der Waals surface area contributed by atoms with Gasteiger partial charge < -0.3 is 9.47 Å². The molecule has 3 aromatic carbocycles. The Kier molecular flexibility index (Phi) is 7.28. The van der Waals surface area contributed by atoms with Crippen molar-refractivity contribution in [2.75, 3.05) is 13.7 Å². The minimum absolute atomic E-state index is 0.130. The number of rotatable bonds is 7. The van der Waals surface area contributed by atoms with Crippen molar-refractivity contribution in [2.45, 2.75) is 23.7 Å². The number of hydrogen-bond donors (Lipinski definition) is 0. The van der Waals surface area contributed by atoms with E-state index in [9.17, 15) is 18.0 Å². The van der Waals surface area contributed by atoms with Gasteiger partial charge in [-0.15, -0.1) is 11.8 Å². The normalized spacial score (nSPS) is 11.3. The minimum atomic E-state index is -4.33. The van der Waals surface area contributed by atoms with Gasteiger partial charge in [-0.05, 0) is 59.5 Å². The van der Waals surface area contributed by atoms with E-state index in [0.29, 0.717) is 5.75 Å². The van der Waals surface area contributed by atoms with Gasteiger partial charge in [-0.3, -0.25) is 0 Å². The van der Waals surface area contributed by atoms with Crippen molar-refractivity contribution in [1.29, 1.82) is 0 Å². The van der Waals surface area contributed by atoms with Gasteiger partial charge >= 0.3 is 12.1 Å². The molecule has 0 atom stereocenters. The number of esters is 1. The average molecular weight is 446 g/mol. The molecule has 0 heterocycles. The molecular formula is C24H21F3O3S. The lowest BCUT2D eigenvalue weighted by atomic mass is 10.0. The fourth-order valence-corrected chi connectivity index (χ4v) is 3.83. The van der Waals surface area contributed by atoms with Crippen molar-refractivity contribution in [3.05, 3.63) is 83.4 Å².